The van der Waals surface area contributed by atoms with Crippen molar-refractivity contribution < 1.29 is 5.32 Å². The number of nitrogens with one attached hydrogen (secondary N) is 1. The standard InChI is InChI=1S/C13H16ClN/c1-13(2,3)12-8-10(14)9-6-4-5-7-11(9)15-12/h4-8,12,15H,1-3H3/q+1. The van der Waals surface area contributed by atoms with E-state index < -0.39 is 0 Å². The first-order valence-electron chi connectivity index (χ1n) is 5.22. The van der Waals surface area contributed by atoms with E-state index in [2.05, 4.69) is 38.2 Å². The smallest absolute Gasteiger partial charge is 0.139 e. The Bertz CT molecular complexity index is 401. The Balaban J connectivity index is 2.41. The molecule has 79 valence electrons. The Kier molecular flexibility index (Phi) is 2.61. The molecule has 0 spiro atoms. The van der Waals surface area contributed by atoms with Crippen molar-refractivity contribution in [2.45, 2.75) is 26.8 Å². The topological polar surface area (TPSA) is 15.6 Å². The van der Waals surface area contributed by atoms with Crippen LogP contribution in [0, 0.1) is 5.41 Å². The average Bonchev–Trinajstić information content (AvgIpc) is 2.16. The summed E-state index contributed by atoms with van der Waals surface area (Å²) in [6, 6.07) is 8.44. The lowest BCUT2D eigenvalue weighted by atomic mass is 9.84. The second-order valence-electron chi connectivity index (χ2n) is 5.05. The van der Waals surface area contributed by atoms with Gasteiger partial charge in [0.1, 0.15) is 0 Å². The third-order valence-corrected chi connectivity index (χ3v) is 3.07. The van der Waals surface area contributed by atoms with Crippen LogP contribution in [0.5, 0.6) is 0 Å². The van der Waals surface area contributed by atoms with Crippen molar-refractivity contribution in [2.75, 3.05) is 0 Å². The zero-order valence-corrected chi connectivity index (χ0v) is 10.1. The summed E-state index contributed by atoms with van der Waals surface area (Å²) in [5, 5.41) is 4.36. The minimum Gasteiger partial charge on any atom is -0.139 e. The second kappa shape index (κ2) is 3.66. The van der Waals surface area contributed by atoms with Crippen LogP contribution in [-0.2, 0) is 0 Å². The van der Waals surface area contributed by atoms with E-state index in [1.807, 2.05) is 18.2 Å². The highest BCUT2D eigenvalue weighted by molar-refractivity contribution is 6.49. The van der Waals surface area contributed by atoms with E-state index in [1.54, 1.807) is 0 Å². The highest BCUT2D eigenvalue weighted by atomic mass is 35.5. The highest BCUT2D eigenvalue weighted by Gasteiger charge is 2.34. The first-order valence-corrected chi connectivity index (χ1v) is 5.59. The highest BCUT2D eigenvalue weighted by Crippen LogP contribution is 2.31. The molecular formula is C13H16ClN+. The molecule has 1 aromatic carbocycles. The van der Waals surface area contributed by atoms with Crippen LogP contribution in [0.2, 0.25) is 0 Å². The molecule has 2 heteroatoms. The molecule has 1 N–H and O–H groups in total. The SMILES string of the molecule is CC(C)(C)C1C=C(Cl)c2ccccc2[NH+]1. The van der Waals surface area contributed by atoms with E-state index in [-0.39, 0.29) is 5.41 Å². The van der Waals surface area contributed by atoms with E-state index in [9.17, 15) is 0 Å². The predicted octanol–water partition coefficient (Wildman–Crippen LogP) is 2.68. The zero-order valence-electron chi connectivity index (χ0n) is 9.34. The van der Waals surface area contributed by atoms with Crippen LogP contribution in [0.15, 0.2) is 30.3 Å². The molecule has 1 radical (unpaired) electrons. The summed E-state index contributed by atoms with van der Waals surface area (Å²) in [5.41, 5.74) is 2.40. The molecule has 0 aliphatic carbocycles. The summed E-state index contributed by atoms with van der Waals surface area (Å²) in [5.74, 6) is 0. The van der Waals surface area contributed by atoms with Crippen molar-refractivity contribution in [3.63, 3.8) is 0 Å². The summed E-state index contributed by atoms with van der Waals surface area (Å²) in [4.78, 5) is 0. The van der Waals surface area contributed by atoms with Gasteiger partial charge in [-0.2, -0.15) is 0 Å². The minimum absolute atomic E-state index is 0.174. The monoisotopic (exact) mass is 221 g/mol. The van der Waals surface area contributed by atoms with Crippen molar-refractivity contribution in [3.05, 3.63) is 35.9 Å². The fraction of sp³-hybridized carbons (Fsp3) is 0.385. The van der Waals surface area contributed by atoms with Gasteiger partial charge in [-0.1, -0.05) is 44.5 Å². The lowest BCUT2D eigenvalue weighted by molar-refractivity contribution is -0.614. The quantitative estimate of drug-likeness (QED) is 0.693. The number of halogens is 1. The Hall–Kier alpha value is -0.790. The van der Waals surface area contributed by atoms with Crippen LogP contribution in [-0.4, -0.2) is 6.04 Å². The van der Waals surface area contributed by atoms with E-state index in [4.69, 9.17) is 11.6 Å². The molecule has 0 fully saturated rings. The first-order chi connectivity index (χ1) is 6.98. The number of hydrogen-bond acceptors (Lipinski definition) is 1. The maximum Gasteiger partial charge on any atom is 0.188 e. The van der Waals surface area contributed by atoms with Crippen LogP contribution < -0.4 is 5.32 Å². The van der Waals surface area contributed by atoms with E-state index in [0.717, 1.165) is 16.3 Å². The summed E-state index contributed by atoms with van der Waals surface area (Å²) < 4.78 is 0. The predicted molar refractivity (Wildman–Crippen MR) is 64.1 cm³/mol. The van der Waals surface area contributed by atoms with Crippen LogP contribution in [0.1, 0.15) is 26.3 Å². The molecule has 1 aliphatic rings. The van der Waals surface area contributed by atoms with Gasteiger partial charge in [-0.25, -0.2) is 0 Å². The van der Waals surface area contributed by atoms with Gasteiger partial charge in [0.05, 0.1) is 10.6 Å². The Morgan fingerprint density at radius 1 is 1.20 bits per heavy atom. The van der Waals surface area contributed by atoms with Gasteiger partial charge in [0.15, 0.2) is 11.7 Å². The molecule has 1 unspecified atom stereocenters. The van der Waals surface area contributed by atoms with Gasteiger partial charge in [0.25, 0.3) is 0 Å². The summed E-state index contributed by atoms with van der Waals surface area (Å²) in [6.45, 7) is 6.62. The van der Waals surface area contributed by atoms with Crippen LogP contribution >= 0.6 is 11.6 Å². The molecule has 2 rings (SSSR count). The van der Waals surface area contributed by atoms with Gasteiger partial charge in [0.2, 0.25) is 0 Å². The maximum absolute atomic E-state index is 6.27. The molecule has 1 heterocycles. The molecule has 1 atom stereocenters. The average molecular weight is 222 g/mol. The molecule has 0 bridgehead atoms. The van der Waals surface area contributed by atoms with Crippen molar-refractivity contribution >= 4 is 22.3 Å². The number of rotatable bonds is 0. The lowest BCUT2D eigenvalue weighted by Crippen LogP contribution is -2.88. The van der Waals surface area contributed by atoms with E-state index in [0.29, 0.717) is 6.04 Å². The third-order valence-electron chi connectivity index (χ3n) is 2.74. The van der Waals surface area contributed by atoms with Gasteiger partial charge >= 0.3 is 0 Å². The summed E-state index contributed by atoms with van der Waals surface area (Å²) >= 11 is 6.27. The first kappa shape index (κ1) is 10.7. The Morgan fingerprint density at radius 2 is 1.87 bits per heavy atom. The number of hydrogen-bond donors (Lipinski definition) is 1. The molecule has 0 amide bonds. The largest absolute Gasteiger partial charge is 0.188 e. The van der Waals surface area contributed by atoms with Crippen LogP contribution in [0.25, 0.3) is 5.03 Å². The van der Waals surface area contributed by atoms with Gasteiger partial charge in [-0.05, 0) is 12.1 Å². The van der Waals surface area contributed by atoms with Crippen LogP contribution in [0.4, 0.5) is 5.69 Å². The van der Waals surface area contributed by atoms with Crippen molar-refractivity contribution in [2.24, 2.45) is 5.41 Å². The normalized spacial score (nSPS) is 20.8. The lowest BCUT2D eigenvalue weighted by Gasteiger charge is -2.25. The third kappa shape index (κ3) is 2.09. The zero-order chi connectivity index (χ0) is 11.1. The van der Waals surface area contributed by atoms with Crippen LogP contribution in [0.3, 0.4) is 0 Å². The Morgan fingerprint density at radius 3 is 2.53 bits per heavy atom. The number of fused-ring (bicyclic) bond motifs is 1. The molecule has 1 aliphatic heterocycles. The Labute approximate surface area is 96.1 Å². The summed E-state index contributed by atoms with van der Waals surface area (Å²) in [7, 11) is 0. The van der Waals surface area contributed by atoms with Crippen molar-refractivity contribution in [1.82, 2.24) is 0 Å². The van der Waals surface area contributed by atoms with Gasteiger partial charge < -0.3 is 0 Å². The van der Waals surface area contributed by atoms with Gasteiger partial charge in [-0.3, -0.25) is 0 Å². The fourth-order valence-electron chi connectivity index (χ4n) is 1.73. The summed E-state index contributed by atoms with van der Waals surface area (Å²) in [6.07, 6.45) is 2.10. The molecule has 0 saturated heterocycles. The molecule has 0 saturated carbocycles. The number of para-hydroxylation sites is 1. The minimum atomic E-state index is 0.174. The molecule has 15 heavy (non-hydrogen) atoms. The number of anilines is 1. The number of benzene rings is 1. The molecule has 1 nitrogen and oxygen atoms in total. The second-order valence-corrected chi connectivity index (χ2v) is 5.46. The molecule has 1 aromatic rings. The van der Waals surface area contributed by atoms with E-state index in [1.165, 1.54) is 0 Å². The molecule has 0 aromatic heterocycles. The van der Waals surface area contributed by atoms with Crippen molar-refractivity contribution in [1.29, 1.82) is 0 Å². The molecular weight excluding hydrogens is 206 g/mol. The fourth-order valence-corrected chi connectivity index (χ4v) is 2.02. The van der Waals surface area contributed by atoms with Gasteiger partial charge in [-0.15, -0.1) is 5.32 Å². The van der Waals surface area contributed by atoms with E-state index >= 15 is 0 Å². The maximum atomic E-state index is 6.27. The van der Waals surface area contributed by atoms with Gasteiger partial charge in [0, 0.05) is 11.5 Å². The van der Waals surface area contributed by atoms with Crippen molar-refractivity contribution in [3.8, 4) is 0 Å².